The number of carbonyl (C=O) groups excluding carboxylic acids is 1. The number of hydrogen-bond acceptors (Lipinski definition) is 3. The zero-order valence-corrected chi connectivity index (χ0v) is 12.1. The van der Waals surface area contributed by atoms with E-state index in [4.69, 9.17) is 0 Å². The van der Waals surface area contributed by atoms with Gasteiger partial charge in [-0.3, -0.25) is 9.59 Å². The highest BCUT2D eigenvalue weighted by Gasteiger charge is 2.34. The fraction of sp³-hybridized carbons (Fsp3) is 0.375. The Morgan fingerprint density at radius 3 is 2.38 bits per heavy atom. The summed E-state index contributed by atoms with van der Waals surface area (Å²) in [5, 5.41) is 21.8. The number of nitrogens with one attached hydrogen (secondary N) is 1. The molecule has 0 saturated carbocycles. The molecule has 2 atom stereocenters. The lowest BCUT2D eigenvalue weighted by Gasteiger charge is -2.24. The molecule has 1 aromatic rings. The van der Waals surface area contributed by atoms with Crippen molar-refractivity contribution in [1.82, 2.24) is 0 Å². The Hall–Kier alpha value is -2.30. The molecule has 0 aromatic heterocycles. The van der Waals surface area contributed by atoms with Crippen LogP contribution in [0.15, 0.2) is 24.3 Å². The first-order chi connectivity index (χ1) is 9.91. The molecule has 1 aliphatic carbocycles. The predicted octanol–water partition coefficient (Wildman–Crippen LogP) is 2.61. The summed E-state index contributed by atoms with van der Waals surface area (Å²) in [6.07, 6.45) is 4.42. The largest absolute Gasteiger partial charge is 0.507 e. The highest BCUT2D eigenvalue weighted by Crippen LogP contribution is 2.31. The Kier molecular flexibility index (Phi) is 4.31. The van der Waals surface area contributed by atoms with Crippen LogP contribution in [0.1, 0.15) is 24.0 Å². The number of benzene rings is 1. The van der Waals surface area contributed by atoms with Crippen LogP contribution in [0.4, 0.5) is 5.69 Å². The van der Waals surface area contributed by atoms with Gasteiger partial charge in [-0.25, -0.2) is 0 Å². The second kappa shape index (κ2) is 5.99. The molecule has 0 spiro atoms. The van der Waals surface area contributed by atoms with Gasteiger partial charge in [0.25, 0.3) is 0 Å². The molecular weight excluding hydrogens is 270 g/mol. The standard InChI is InChI=1S/C16H19NO4/c1-9-7-8-13(10(2)14(9)18)17-15(19)11-5-3-4-6-12(11)16(20)21/h3-4,7-8,11-12,18H,5-6H2,1-2H3,(H,17,19)(H,20,21). The van der Waals surface area contributed by atoms with E-state index in [1.165, 1.54) is 0 Å². The van der Waals surface area contributed by atoms with Gasteiger partial charge >= 0.3 is 5.97 Å². The summed E-state index contributed by atoms with van der Waals surface area (Å²) in [5.74, 6) is -2.42. The van der Waals surface area contributed by atoms with Crippen LogP contribution in [0.3, 0.4) is 0 Å². The van der Waals surface area contributed by atoms with Crippen LogP contribution in [0.5, 0.6) is 5.75 Å². The van der Waals surface area contributed by atoms with Gasteiger partial charge in [0, 0.05) is 11.3 Å². The summed E-state index contributed by atoms with van der Waals surface area (Å²) in [6, 6.07) is 3.43. The number of allylic oxidation sites excluding steroid dienone is 2. The van der Waals surface area contributed by atoms with Crippen molar-refractivity contribution in [3.8, 4) is 5.75 Å². The molecule has 112 valence electrons. The topological polar surface area (TPSA) is 86.6 Å². The number of phenolic OH excluding ortho intramolecular Hbond substituents is 1. The predicted molar refractivity (Wildman–Crippen MR) is 79.2 cm³/mol. The number of carbonyl (C=O) groups is 2. The monoisotopic (exact) mass is 289 g/mol. The molecule has 0 aliphatic heterocycles. The fourth-order valence-corrected chi connectivity index (χ4v) is 2.57. The number of aliphatic carboxylic acids is 1. The molecular formula is C16H19NO4. The Bertz CT molecular complexity index is 607. The first-order valence-electron chi connectivity index (χ1n) is 6.89. The molecule has 1 amide bonds. The van der Waals surface area contributed by atoms with Crippen molar-refractivity contribution in [3.05, 3.63) is 35.4 Å². The number of carboxylic acids is 1. The molecule has 0 bridgehead atoms. The number of carboxylic acid groups (broad SMARTS) is 1. The van der Waals surface area contributed by atoms with Crippen molar-refractivity contribution < 1.29 is 19.8 Å². The van der Waals surface area contributed by atoms with Crippen LogP contribution in [0.2, 0.25) is 0 Å². The summed E-state index contributed by atoms with van der Waals surface area (Å²) in [5.41, 5.74) is 1.83. The molecule has 1 aromatic carbocycles. The normalized spacial score (nSPS) is 21.0. The van der Waals surface area contributed by atoms with Crippen LogP contribution < -0.4 is 5.32 Å². The second-order valence-corrected chi connectivity index (χ2v) is 5.39. The number of anilines is 1. The number of hydrogen-bond donors (Lipinski definition) is 3. The third-order valence-corrected chi connectivity index (χ3v) is 3.98. The first kappa shape index (κ1) is 15.1. The number of rotatable bonds is 3. The zero-order chi connectivity index (χ0) is 15.6. The SMILES string of the molecule is Cc1ccc(NC(=O)C2CC=CCC2C(=O)O)c(C)c1O. The van der Waals surface area contributed by atoms with E-state index in [9.17, 15) is 19.8 Å². The van der Waals surface area contributed by atoms with Crippen LogP contribution >= 0.6 is 0 Å². The van der Waals surface area contributed by atoms with Crippen molar-refractivity contribution in [2.75, 3.05) is 5.32 Å². The van der Waals surface area contributed by atoms with Crippen molar-refractivity contribution in [1.29, 1.82) is 0 Å². The summed E-state index contributed by atoms with van der Waals surface area (Å²) < 4.78 is 0. The van der Waals surface area contributed by atoms with Gasteiger partial charge in [-0.15, -0.1) is 0 Å². The third-order valence-electron chi connectivity index (χ3n) is 3.98. The quantitative estimate of drug-likeness (QED) is 0.746. The minimum Gasteiger partial charge on any atom is -0.507 e. The van der Waals surface area contributed by atoms with E-state index >= 15 is 0 Å². The van der Waals surface area contributed by atoms with E-state index in [0.717, 1.165) is 5.56 Å². The molecule has 0 radical (unpaired) electrons. The van der Waals surface area contributed by atoms with Gasteiger partial charge in [0.15, 0.2) is 0 Å². The van der Waals surface area contributed by atoms with Gasteiger partial charge in [-0.05, 0) is 38.3 Å². The van der Waals surface area contributed by atoms with E-state index in [0.29, 0.717) is 24.1 Å². The minimum atomic E-state index is -0.956. The Morgan fingerprint density at radius 2 is 1.76 bits per heavy atom. The van der Waals surface area contributed by atoms with Crippen molar-refractivity contribution >= 4 is 17.6 Å². The van der Waals surface area contributed by atoms with Gasteiger partial charge in [0.05, 0.1) is 11.8 Å². The highest BCUT2D eigenvalue weighted by atomic mass is 16.4. The summed E-state index contributed by atoms with van der Waals surface area (Å²) in [7, 11) is 0. The van der Waals surface area contributed by atoms with E-state index in [-0.39, 0.29) is 11.7 Å². The summed E-state index contributed by atoms with van der Waals surface area (Å²) >= 11 is 0. The molecule has 5 heteroatoms. The molecule has 0 heterocycles. The fourth-order valence-electron chi connectivity index (χ4n) is 2.57. The number of phenols is 1. The smallest absolute Gasteiger partial charge is 0.307 e. The number of amides is 1. The first-order valence-corrected chi connectivity index (χ1v) is 6.89. The molecule has 0 saturated heterocycles. The van der Waals surface area contributed by atoms with Gasteiger partial charge in [0.2, 0.25) is 5.91 Å². The minimum absolute atomic E-state index is 0.145. The van der Waals surface area contributed by atoms with Crippen molar-refractivity contribution in [2.24, 2.45) is 11.8 Å². The maximum Gasteiger partial charge on any atom is 0.307 e. The Balaban J connectivity index is 2.20. The molecule has 1 aliphatic rings. The van der Waals surface area contributed by atoms with Gasteiger partial charge < -0.3 is 15.5 Å². The number of aromatic hydroxyl groups is 1. The second-order valence-electron chi connectivity index (χ2n) is 5.39. The van der Waals surface area contributed by atoms with Crippen LogP contribution in [0, 0.1) is 25.7 Å². The molecule has 2 rings (SSSR count). The summed E-state index contributed by atoms with van der Waals surface area (Å²) in [6.45, 7) is 3.49. The van der Waals surface area contributed by atoms with E-state index < -0.39 is 17.8 Å². The average molecular weight is 289 g/mol. The molecule has 5 nitrogen and oxygen atoms in total. The van der Waals surface area contributed by atoms with Crippen LogP contribution in [0.25, 0.3) is 0 Å². The molecule has 21 heavy (non-hydrogen) atoms. The highest BCUT2D eigenvalue weighted by molar-refractivity contribution is 5.96. The Morgan fingerprint density at radius 1 is 1.14 bits per heavy atom. The van der Waals surface area contributed by atoms with Gasteiger partial charge in [-0.1, -0.05) is 18.2 Å². The average Bonchev–Trinajstić information content (AvgIpc) is 2.47. The van der Waals surface area contributed by atoms with E-state index in [1.807, 2.05) is 6.08 Å². The van der Waals surface area contributed by atoms with Crippen LogP contribution in [-0.2, 0) is 9.59 Å². The zero-order valence-electron chi connectivity index (χ0n) is 12.1. The Labute approximate surface area is 123 Å². The van der Waals surface area contributed by atoms with Gasteiger partial charge in [-0.2, -0.15) is 0 Å². The lowest BCUT2D eigenvalue weighted by molar-refractivity contribution is -0.146. The maximum absolute atomic E-state index is 12.3. The molecule has 0 fully saturated rings. The maximum atomic E-state index is 12.3. The number of aryl methyl sites for hydroxylation is 1. The van der Waals surface area contributed by atoms with E-state index in [1.54, 1.807) is 32.1 Å². The summed E-state index contributed by atoms with van der Waals surface area (Å²) in [4.78, 5) is 23.6. The third kappa shape index (κ3) is 3.07. The molecule has 2 unspecified atom stereocenters. The lowest BCUT2D eigenvalue weighted by atomic mass is 9.82. The van der Waals surface area contributed by atoms with Crippen molar-refractivity contribution in [3.63, 3.8) is 0 Å². The van der Waals surface area contributed by atoms with E-state index in [2.05, 4.69) is 5.32 Å². The van der Waals surface area contributed by atoms with Crippen LogP contribution in [-0.4, -0.2) is 22.1 Å². The molecule has 3 N–H and O–H groups in total. The van der Waals surface area contributed by atoms with Crippen molar-refractivity contribution in [2.45, 2.75) is 26.7 Å². The van der Waals surface area contributed by atoms with Gasteiger partial charge in [0.1, 0.15) is 5.75 Å². The lowest BCUT2D eigenvalue weighted by Crippen LogP contribution is -2.34.